The van der Waals surface area contributed by atoms with Gasteiger partial charge in [-0.2, -0.15) is 0 Å². The van der Waals surface area contributed by atoms with Crippen molar-refractivity contribution in [3.05, 3.63) is 29.8 Å². The lowest BCUT2D eigenvalue weighted by atomic mass is 10.1. The van der Waals surface area contributed by atoms with Crippen molar-refractivity contribution in [2.75, 3.05) is 13.6 Å². The fraction of sp³-hybridized carbons (Fsp3) is 0.400. The molecule has 0 saturated carbocycles. The predicted molar refractivity (Wildman–Crippen MR) is 50.4 cm³/mol. The summed E-state index contributed by atoms with van der Waals surface area (Å²) in [4.78, 5) is 0. The largest absolute Gasteiger partial charge is 0.508 e. The normalized spacial score (nSPS) is 10.1. The molecule has 1 rings (SSSR count). The van der Waals surface area contributed by atoms with Crippen molar-refractivity contribution in [1.29, 1.82) is 0 Å². The van der Waals surface area contributed by atoms with Gasteiger partial charge in [0, 0.05) is 0 Å². The number of hydrogen-bond acceptors (Lipinski definition) is 2. The summed E-state index contributed by atoms with van der Waals surface area (Å²) in [5.74, 6) is 0.340. The Labute approximate surface area is 73.2 Å². The van der Waals surface area contributed by atoms with Crippen molar-refractivity contribution in [1.82, 2.24) is 5.32 Å². The number of aryl methyl sites for hydroxylation is 1. The second-order valence-corrected chi connectivity index (χ2v) is 2.87. The first-order valence-electron chi connectivity index (χ1n) is 4.25. The topological polar surface area (TPSA) is 32.3 Å². The van der Waals surface area contributed by atoms with Gasteiger partial charge >= 0.3 is 0 Å². The van der Waals surface area contributed by atoms with E-state index in [1.807, 2.05) is 19.2 Å². The first-order chi connectivity index (χ1) is 5.83. The number of phenolic OH excluding ortho intramolecular Hbond substituents is 1. The molecule has 2 N–H and O–H groups in total. The van der Waals surface area contributed by atoms with Crippen molar-refractivity contribution in [3.8, 4) is 5.75 Å². The van der Waals surface area contributed by atoms with Crippen LogP contribution in [0.2, 0.25) is 0 Å². The molecule has 0 aromatic heterocycles. The number of hydrogen-bond donors (Lipinski definition) is 2. The zero-order chi connectivity index (χ0) is 8.81. The molecule has 0 aliphatic heterocycles. The number of nitrogens with one attached hydrogen (secondary N) is 1. The molecule has 0 saturated heterocycles. The standard InChI is InChI=1S/C10H15NO/c1-11-8-2-3-9-4-6-10(12)7-5-9/h4-7,11-12H,2-3,8H2,1H3. The van der Waals surface area contributed by atoms with Gasteiger partial charge in [-0.05, 0) is 44.1 Å². The molecule has 0 aliphatic carbocycles. The van der Waals surface area contributed by atoms with Gasteiger partial charge in [-0.25, -0.2) is 0 Å². The lowest BCUT2D eigenvalue weighted by Crippen LogP contribution is -2.08. The van der Waals surface area contributed by atoms with Crippen LogP contribution >= 0.6 is 0 Å². The molecular weight excluding hydrogens is 150 g/mol. The summed E-state index contributed by atoms with van der Waals surface area (Å²) in [7, 11) is 1.96. The molecular formula is C10H15NO. The zero-order valence-corrected chi connectivity index (χ0v) is 7.38. The number of rotatable bonds is 4. The van der Waals surface area contributed by atoms with Gasteiger partial charge in [0.2, 0.25) is 0 Å². The summed E-state index contributed by atoms with van der Waals surface area (Å²) in [6, 6.07) is 7.39. The van der Waals surface area contributed by atoms with Crippen molar-refractivity contribution >= 4 is 0 Å². The van der Waals surface area contributed by atoms with Gasteiger partial charge in [-0.15, -0.1) is 0 Å². The predicted octanol–water partition coefficient (Wildman–Crippen LogP) is 1.54. The van der Waals surface area contributed by atoms with Gasteiger partial charge in [0.1, 0.15) is 5.75 Å². The minimum absolute atomic E-state index is 0.340. The molecule has 66 valence electrons. The van der Waals surface area contributed by atoms with Crippen LogP contribution in [0.3, 0.4) is 0 Å². The summed E-state index contributed by atoms with van der Waals surface area (Å²) in [6.45, 7) is 1.04. The van der Waals surface area contributed by atoms with E-state index in [2.05, 4.69) is 5.32 Å². The molecule has 0 heterocycles. The Morgan fingerprint density at radius 1 is 1.25 bits per heavy atom. The van der Waals surface area contributed by atoms with Gasteiger partial charge in [0.25, 0.3) is 0 Å². The highest BCUT2D eigenvalue weighted by atomic mass is 16.3. The van der Waals surface area contributed by atoms with E-state index in [1.54, 1.807) is 12.1 Å². The number of benzene rings is 1. The molecule has 0 amide bonds. The molecule has 0 radical (unpaired) electrons. The highest BCUT2D eigenvalue weighted by Crippen LogP contribution is 2.10. The Morgan fingerprint density at radius 3 is 2.50 bits per heavy atom. The van der Waals surface area contributed by atoms with E-state index < -0.39 is 0 Å². The lowest BCUT2D eigenvalue weighted by molar-refractivity contribution is 0.475. The Balaban J connectivity index is 2.37. The molecule has 2 heteroatoms. The molecule has 0 unspecified atom stereocenters. The monoisotopic (exact) mass is 165 g/mol. The third-order valence-corrected chi connectivity index (χ3v) is 1.83. The molecule has 2 nitrogen and oxygen atoms in total. The summed E-state index contributed by atoms with van der Waals surface area (Å²) in [6.07, 6.45) is 2.21. The van der Waals surface area contributed by atoms with Crippen molar-refractivity contribution in [3.63, 3.8) is 0 Å². The number of aromatic hydroxyl groups is 1. The summed E-state index contributed by atoms with van der Waals surface area (Å²) in [5.41, 5.74) is 1.28. The van der Waals surface area contributed by atoms with Crippen LogP contribution in [0.5, 0.6) is 5.75 Å². The summed E-state index contributed by atoms with van der Waals surface area (Å²) < 4.78 is 0. The van der Waals surface area contributed by atoms with Gasteiger partial charge in [0.15, 0.2) is 0 Å². The molecule has 0 fully saturated rings. The first-order valence-corrected chi connectivity index (χ1v) is 4.25. The van der Waals surface area contributed by atoms with Crippen molar-refractivity contribution in [2.45, 2.75) is 12.8 Å². The van der Waals surface area contributed by atoms with Crippen molar-refractivity contribution in [2.24, 2.45) is 0 Å². The average Bonchev–Trinajstić information content (AvgIpc) is 2.09. The molecule has 0 atom stereocenters. The van der Waals surface area contributed by atoms with Crippen LogP contribution in [-0.2, 0) is 6.42 Å². The zero-order valence-electron chi connectivity index (χ0n) is 7.38. The Hall–Kier alpha value is -1.02. The van der Waals surface area contributed by atoms with E-state index in [9.17, 15) is 0 Å². The van der Waals surface area contributed by atoms with E-state index in [1.165, 1.54) is 5.56 Å². The maximum absolute atomic E-state index is 9.02. The maximum Gasteiger partial charge on any atom is 0.115 e. The third-order valence-electron chi connectivity index (χ3n) is 1.83. The Bertz CT molecular complexity index is 218. The van der Waals surface area contributed by atoms with E-state index in [4.69, 9.17) is 5.11 Å². The quantitative estimate of drug-likeness (QED) is 0.663. The lowest BCUT2D eigenvalue weighted by Gasteiger charge is -2.00. The van der Waals surface area contributed by atoms with Crippen LogP contribution in [0, 0.1) is 0 Å². The highest BCUT2D eigenvalue weighted by Gasteiger charge is 1.92. The Kier molecular flexibility index (Phi) is 3.61. The average molecular weight is 165 g/mol. The van der Waals surface area contributed by atoms with Gasteiger partial charge < -0.3 is 10.4 Å². The Morgan fingerprint density at radius 2 is 1.92 bits per heavy atom. The molecule has 1 aromatic rings. The molecule has 1 aromatic carbocycles. The maximum atomic E-state index is 9.02. The van der Waals surface area contributed by atoms with Crippen LogP contribution in [0.25, 0.3) is 0 Å². The highest BCUT2D eigenvalue weighted by molar-refractivity contribution is 5.25. The first kappa shape index (κ1) is 9.07. The molecule has 12 heavy (non-hydrogen) atoms. The molecule has 0 bridgehead atoms. The second-order valence-electron chi connectivity index (χ2n) is 2.87. The minimum atomic E-state index is 0.340. The van der Waals surface area contributed by atoms with Crippen LogP contribution in [0.15, 0.2) is 24.3 Å². The summed E-state index contributed by atoms with van der Waals surface area (Å²) in [5, 5.41) is 12.1. The molecule has 0 spiro atoms. The fourth-order valence-corrected chi connectivity index (χ4v) is 1.13. The summed E-state index contributed by atoms with van der Waals surface area (Å²) >= 11 is 0. The SMILES string of the molecule is CNCCCc1ccc(O)cc1. The van der Waals surface area contributed by atoms with E-state index in [0.29, 0.717) is 5.75 Å². The van der Waals surface area contributed by atoms with E-state index in [0.717, 1.165) is 19.4 Å². The second kappa shape index (κ2) is 4.78. The molecule has 0 aliphatic rings. The van der Waals surface area contributed by atoms with Gasteiger partial charge in [-0.1, -0.05) is 12.1 Å². The van der Waals surface area contributed by atoms with Crippen molar-refractivity contribution < 1.29 is 5.11 Å². The van der Waals surface area contributed by atoms with Gasteiger partial charge in [-0.3, -0.25) is 0 Å². The van der Waals surface area contributed by atoms with Gasteiger partial charge in [0.05, 0.1) is 0 Å². The van der Waals surface area contributed by atoms with Crippen LogP contribution in [0.4, 0.5) is 0 Å². The number of phenols is 1. The van der Waals surface area contributed by atoms with Crippen LogP contribution in [0.1, 0.15) is 12.0 Å². The van der Waals surface area contributed by atoms with Crippen LogP contribution in [-0.4, -0.2) is 18.7 Å². The van der Waals surface area contributed by atoms with Crippen LogP contribution < -0.4 is 5.32 Å². The van der Waals surface area contributed by atoms with E-state index in [-0.39, 0.29) is 0 Å². The van der Waals surface area contributed by atoms with E-state index >= 15 is 0 Å². The third kappa shape index (κ3) is 2.93. The fourth-order valence-electron chi connectivity index (χ4n) is 1.13. The minimum Gasteiger partial charge on any atom is -0.508 e. The smallest absolute Gasteiger partial charge is 0.115 e.